The Morgan fingerprint density at radius 2 is 1.76 bits per heavy atom. The number of hydrogen-bond donors (Lipinski definition) is 2. The molecule has 0 bridgehead atoms. The molecule has 2 amide bonds. The van der Waals surface area contributed by atoms with E-state index in [1.54, 1.807) is 49.4 Å². The predicted molar refractivity (Wildman–Crippen MR) is 129 cm³/mol. The van der Waals surface area contributed by atoms with Crippen LogP contribution < -0.4 is 10.6 Å². The summed E-state index contributed by atoms with van der Waals surface area (Å²) in [5.41, 5.74) is 2.77. The molecular weight excluding hydrogens is 452 g/mol. The number of rotatable bonds is 7. The quantitative estimate of drug-likeness (QED) is 0.516. The van der Waals surface area contributed by atoms with Crippen molar-refractivity contribution in [2.45, 2.75) is 55.7 Å². The molecule has 2 aromatic carbocycles. The molecule has 7 nitrogen and oxygen atoms in total. The number of benzene rings is 2. The fourth-order valence-corrected chi connectivity index (χ4v) is 6.87. The topological polar surface area (TPSA) is 105 Å². The zero-order valence-electron chi connectivity index (χ0n) is 19.3. The summed E-state index contributed by atoms with van der Waals surface area (Å²) < 4.78 is 31.1. The van der Waals surface area contributed by atoms with E-state index >= 15 is 0 Å². The molecule has 3 aromatic rings. The highest BCUT2D eigenvalue weighted by atomic mass is 32.2. The van der Waals surface area contributed by atoms with Crippen molar-refractivity contribution in [2.75, 3.05) is 5.32 Å². The summed E-state index contributed by atoms with van der Waals surface area (Å²) in [6, 6.07) is 15.5. The Morgan fingerprint density at radius 3 is 2.47 bits per heavy atom. The van der Waals surface area contributed by atoms with Crippen LogP contribution in [-0.2, 0) is 21.2 Å². The molecular formula is C26H28N2O5S. The van der Waals surface area contributed by atoms with E-state index in [0.29, 0.717) is 36.9 Å². The van der Waals surface area contributed by atoms with Crippen molar-refractivity contribution in [3.63, 3.8) is 0 Å². The van der Waals surface area contributed by atoms with Gasteiger partial charge in [-0.15, -0.1) is 0 Å². The van der Waals surface area contributed by atoms with Crippen LogP contribution in [0.25, 0.3) is 0 Å². The Bertz CT molecular complexity index is 1310. The minimum atomic E-state index is -3.89. The van der Waals surface area contributed by atoms with Crippen molar-refractivity contribution in [1.82, 2.24) is 5.32 Å². The van der Waals surface area contributed by atoms with Crippen molar-refractivity contribution >= 4 is 27.3 Å². The molecule has 178 valence electrons. The molecule has 0 saturated heterocycles. The molecule has 1 saturated carbocycles. The van der Waals surface area contributed by atoms with Crippen LogP contribution in [0.3, 0.4) is 0 Å². The van der Waals surface area contributed by atoms with Crippen LogP contribution in [-0.4, -0.2) is 25.0 Å². The lowest BCUT2D eigenvalue weighted by molar-refractivity contribution is -0.123. The maximum absolute atomic E-state index is 13.8. The van der Waals surface area contributed by atoms with Crippen LogP contribution in [0.15, 0.2) is 70.2 Å². The number of carbonyl (C=O) groups is 2. The number of amides is 2. The van der Waals surface area contributed by atoms with Gasteiger partial charge in [0.2, 0.25) is 5.91 Å². The lowest BCUT2D eigenvalue weighted by atomic mass is 10.1. The van der Waals surface area contributed by atoms with Crippen molar-refractivity contribution in [3.8, 4) is 0 Å². The van der Waals surface area contributed by atoms with Gasteiger partial charge in [0, 0.05) is 12.2 Å². The van der Waals surface area contributed by atoms with E-state index in [-0.39, 0.29) is 23.1 Å². The number of carbonyl (C=O) groups excluding carboxylic acids is 2. The number of sulfone groups is 1. The van der Waals surface area contributed by atoms with Gasteiger partial charge in [-0.2, -0.15) is 0 Å². The smallest absolute Gasteiger partial charge is 0.291 e. The maximum Gasteiger partial charge on any atom is 0.291 e. The fraction of sp³-hybridized carbons (Fsp3) is 0.308. The van der Waals surface area contributed by atoms with Crippen LogP contribution in [0.1, 0.15) is 52.9 Å². The monoisotopic (exact) mass is 480 g/mol. The predicted octanol–water partition coefficient (Wildman–Crippen LogP) is 4.55. The summed E-state index contributed by atoms with van der Waals surface area (Å²) in [5.74, 6) is -0.662. The summed E-state index contributed by atoms with van der Waals surface area (Å²) in [4.78, 5) is 25.9. The van der Waals surface area contributed by atoms with Gasteiger partial charge in [-0.25, -0.2) is 8.42 Å². The van der Waals surface area contributed by atoms with Crippen molar-refractivity contribution in [1.29, 1.82) is 0 Å². The summed E-state index contributed by atoms with van der Waals surface area (Å²) in [6.45, 7) is 3.75. The summed E-state index contributed by atoms with van der Waals surface area (Å²) >= 11 is 0. The third-order valence-electron chi connectivity index (χ3n) is 6.36. The lowest BCUT2D eigenvalue weighted by Gasteiger charge is -2.28. The van der Waals surface area contributed by atoms with Gasteiger partial charge in [0.1, 0.15) is 0 Å². The molecule has 0 spiro atoms. The number of nitrogens with one attached hydrogen (secondary N) is 2. The lowest BCUT2D eigenvalue weighted by Crippen LogP contribution is -2.50. The highest BCUT2D eigenvalue weighted by molar-refractivity contribution is 7.93. The molecule has 1 aliphatic rings. The second kappa shape index (κ2) is 9.46. The average Bonchev–Trinajstić information content (AvgIpc) is 3.52. The number of hydrogen-bond acceptors (Lipinski definition) is 5. The molecule has 2 N–H and O–H groups in total. The molecule has 0 aliphatic heterocycles. The Labute approximate surface area is 199 Å². The summed E-state index contributed by atoms with van der Waals surface area (Å²) in [6.07, 6.45) is 3.39. The third kappa shape index (κ3) is 4.50. The first-order valence-electron chi connectivity index (χ1n) is 11.3. The van der Waals surface area contributed by atoms with Crippen LogP contribution in [0.4, 0.5) is 5.69 Å². The van der Waals surface area contributed by atoms with E-state index in [2.05, 4.69) is 10.6 Å². The molecule has 1 fully saturated rings. The van der Waals surface area contributed by atoms with Crippen molar-refractivity contribution in [2.24, 2.45) is 0 Å². The average molecular weight is 481 g/mol. The van der Waals surface area contributed by atoms with E-state index in [0.717, 1.165) is 11.1 Å². The molecule has 4 rings (SSSR count). The molecule has 0 radical (unpaired) electrons. The van der Waals surface area contributed by atoms with Gasteiger partial charge in [0.25, 0.3) is 5.91 Å². The number of furan rings is 1. The van der Waals surface area contributed by atoms with Gasteiger partial charge >= 0.3 is 0 Å². The van der Waals surface area contributed by atoms with Gasteiger partial charge < -0.3 is 15.1 Å². The zero-order valence-corrected chi connectivity index (χ0v) is 20.1. The van der Waals surface area contributed by atoms with Crippen LogP contribution in [0.2, 0.25) is 0 Å². The van der Waals surface area contributed by atoms with Crippen LogP contribution in [0, 0.1) is 13.8 Å². The van der Waals surface area contributed by atoms with E-state index in [1.165, 1.54) is 6.26 Å². The van der Waals surface area contributed by atoms with Crippen molar-refractivity contribution < 1.29 is 22.4 Å². The molecule has 1 heterocycles. The van der Waals surface area contributed by atoms with E-state index in [9.17, 15) is 18.0 Å². The summed E-state index contributed by atoms with van der Waals surface area (Å²) in [5, 5.41) is 5.60. The van der Waals surface area contributed by atoms with E-state index in [4.69, 9.17) is 4.42 Å². The first-order valence-corrected chi connectivity index (χ1v) is 12.8. The highest BCUT2D eigenvalue weighted by Crippen LogP contribution is 2.41. The maximum atomic E-state index is 13.8. The van der Waals surface area contributed by atoms with Crippen LogP contribution in [0.5, 0.6) is 0 Å². The molecule has 0 unspecified atom stereocenters. The van der Waals surface area contributed by atoms with Gasteiger partial charge in [-0.3, -0.25) is 9.59 Å². The largest absolute Gasteiger partial charge is 0.459 e. The highest BCUT2D eigenvalue weighted by Gasteiger charge is 2.53. The fourth-order valence-electron chi connectivity index (χ4n) is 4.47. The first-order chi connectivity index (χ1) is 16.2. The van der Waals surface area contributed by atoms with Gasteiger partial charge in [-0.1, -0.05) is 37.1 Å². The Morgan fingerprint density at radius 1 is 1.00 bits per heavy atom. The Kier molecular flexibility index (Phi) is 6.61. The molecule has 8 heteroatoms. The second-order valence-electron chi connectivity index (χ2n) is 8.79. The Hall–Kier alpha value is -3.39. The molecule has 1 aliphatic carbocycles. The van der Waals surface area contributed by atoms with E-state index < -0.39 is 20.5 Å². The zero-order chi connectivity index (χ0) is 24.3. The number of aryl methyl sites for hydroxylation is 2. The van der Waals surface area contributed by atoms with Crippen molar-refractivity contribution in [3.05, 3.63) is 83.3 Å². The summed E-state index contributed by atoms with van der Waals surface area (Å²) in [7, 11) is -3.89. The normalized spacial score (nSPS) is 15.1. The van der Waals surface area contributed by atoms with Gasteiger partial charge in [-0.05, 0) is 73.7 Å². The minimum absolute atomic E-state index is 0.146. The molecule has 0 atom stereocenters. The van der Waals surface area contributed by atoms with E-state index in [1.807, 2.05) is 19.1 Å². The van der Waals surface area contributed by atoms with Gasteiger partial charge in [0.15, 0.2) is 20.3 Å². The third-order valence-corrected chi connectivity index (χ3v) is 9.00. The molecule has 34 heavy (non-hydrogen) atoms. The standard InChI is InChI=1S/C26H28N2O5S/c1-18-10-11-19(2)23(15-18)34(31,32)26(12-3-4-13-26)25(30)27-17-20-7-5-8-21(16-20)28-24(29)22-9-6-14-33-22/h5-11,14-16H,3-4,12-13,17H2,1-2H3,(H,27,30)(H,28,29). The number of anilines is 1. The van der Waals surface area contributed by atoms with Crippen LogP contribution >= 0.6 is 0 Å². The minimum Gasteiger partial charge on any atom is -0.459 e. The SMILES string of the molecule is Cc1ccc(C)c(S(=O)(=O)C2(C(=O)NCc3cccc(NC(=O)c4ccco4)c3)CCCC2)c1. The second-order valence-corrected chi connectivity index (χ2v) is 11.0. The first kappa shape index (κ1) is 23.8. The van der Waals surface area contributed by atoms with Gasteiger partial charge in [0.05, 0.1) is 11.2 Å². The molecule has 1 aromatic heterocycles. The Balaban J connectivity index is 1.52.